The molecule has 0 aliphatic heterocycles. The molecule has 1 fully saturated rings. The average Bonchev–Trinajstić information content (AvgIpc) is 3.45. The predicted octanol–water partition coefficient (Wildman–Crippen LogP) is 5.98. The molecule has 224 valence electrons. The van der Waals surface area contributed by atoms with Crippen LogP contribution in [0.2, 0.25) is 0 Å². The first-order chi connectivity index (χ1) is 20.0. The van der Waals surface area contributed by atoms with E-state index in [0.29, 0.717) is 12.1 Å². The molecule has 0 spiro atoms. The molecule has 0 radical (unpaired) electrons. The SMILES string of the molecule is CC[C@H](C(=O)NC1CCCC1)N(Cc1ccccc1C)C(=O)CN(c1cc(C)cc(C)c1)S(=O)(=O)c1ccc(C)cc1. The van der Waals surface area contributed by atoms with Gasteiger partial charge in [0.2, 0.25) is 11.8 Å². The number of nitrogens with one attached hydrogen (secondary N) is 1. The van der Waals surface area contributed by atoms with Gasteiger partial charge in [-0.15, -0.1) is 0 Å². The molecule has 0 unspecified atom stereocenters. The van der Waals surface area contributed by atoms with Crippen LogP contribution in [0.5, 0.6) is 0 Å². The van der Waals surface area contributed by atoms with E-state index in [1.54, 1.807) is 41.3 Å². The highest BCUT2D eigenvalue weighted by Crippen LogP contribution is 2.27. The molecule has 7 nitrogen and oxygen atoms in total. The van der Waals surface area contributed by atoms with E-state index in [-0.39, 0.29) is 23.4 Å². The van der Waals surface area contributed by atoms with E-state index < -0.39 is 28.5 Å². The zero-order valence-corrected chi connectivity index (χ0v) is 26.2. The van der Waals surface area contributed by atoms with Gasteiger partial charge in [0, 0.05) is 12.6 Å². The van der Waals surface area contributed by atoms with Crippen molar-refractivity contribution in [3.8, 4) is 0 Å². The van der Waals surface area contributed by atoms with Gasteiger partial charge >= 0.3 is 0 Å². The van der Waals surface area contributed by atoms with Gasteiger partial charge in [0.05, 0.1) is 10.6 Å². The molecule has 3 aromatic rings. The highest BCUT2D eigenvalue weighted by molar-refractivity contribution is 7.92. The molecule has 42 heavy (non-hydrogen) atoms. The Morgan fingerprint density at radius 1 is 0.881 bits per heavy atom. The van der Waals surface area contributed by atoms with Crippen molar-refractivity contribution in [2.45, 2.75) is 90.2 Å². The normalized spacial score (nSPS) is 14.4. The second-order valence-corrected chi connectivity index (χ2v) is 13.4. The summed E-state index contributed by atoms with van der Waals surface area (Å²) in [6.07, 6.45) is 4.43. The lowest BCUT2D eigenvalue weighted by Crippen LogP contribution is -2.53. The lowest BCUT2D eigenvalue weighted by atomic mass is 10.1. The standard InChI is InChI=1S/C34H43N3O4S/c1-6-32(34(39)35-29-13-9-10-14-29)36(22-28-12-8-7-11-27(28)5)33(38)23-37(30-20-25(3)19-26(4)21-30)42(40,41)31-17-15-24(2)16-18-31/h7-8,11-12,15-21,29,32H,6,9-10,13-14,22-23H2,1-5H3,(H,35,39)/t32-/m1/s1. The molecule has 2 amide bonds. The average molecular weight is 590 g/mol. The van der Waals surface area contributed by atoms with Gasteiger partial charge in [-0.25, -0.2) is 8.42 Å². The Morgan fingerprint density at radius 3 is 2.10 bits per heavy atom. The predicted molar refractivity (Wildman–Crippen MR) is 168 cm³/mol. The lowest BCUT2D eigenvalue weighted by molar-refractivity contribution is -0.140. The van der Waals surface area contributed by atoms with E-state index in [1.807, 2.05) is 65.0 Å². The summed E-state index contributed by atoms with van der Waals surface area (Å²) in [6, 6.07) is 19.3. The Bertz CT molecular complexity index is 1490. The highest BCUT2D eigenvalue weighted by atomic mass is 32.2. The summed E-state index contributed by atoms with van der Waals surface area (Å²) in [5, 5.41) is 3.16. The Kier molecular flexibility index (Phi) is 10.1. The topological polar surface area (TPSA) is 86.8 Å². The Morgan fingerprint density at radius 2 is 1.50 bits per heavy atom. The van der Waals surface area contributed by atoms with Gasteiger partial charge in [-0.1, -0.05) is 67.8 Å². The van der Waals surface area contributed by atoms with Crippen molar-refractivity contribution in [3.63, 3.8) is 0 Å². The maximum atomic E-state index is 14.3. The maximum absolute atomic E-state index is 14.3. The second kappa shape index (κ2) is 13.6. The molecule has 1 atom stereocenters. The van der Waals surface area contributed by atoms with Crippen LogP contribution in [-0.2, 0) is 26.2 Å². The summed E-state index contributed by atoms with van der Waals surface area (Å²) < 4.78 is 29.4. The number of amides is 2. The van der Waals surface area contributed by atoms with Gasteiger partial charge in [0.25, 0.3) is 10.0 Å². The Hall–Kier alpha value is -3.65. The van der Waals surface area contributed by atoms with Crippen LogP contribution in [0.15, 0.2) is 71.6 Å². The van der Waals surface area contributed by atoms with Crippen molar-refractivity contribution < 1.29 is 18.0 Å². The molecular formula is C34H43N3O4S. The maximum Gasteiger partial charge on any atom is 0.264 e. The summed E-state index contributed by atoms with van der Waals surface area (Å²) in [5.41, 5.74) is 5.05. The van der Waals surface area contributed by atoms with E-state index >= 15 is 0 Å². The number of benzene rings is 3. The van der Waals surface area contributed by atoms with Crippen LogP contribution in [0, 0.1) is 27.7 Å². The molecule has 1 saturated carbocycles. The van der Waals surface area contributed by atoms with E-state index in [1.165, 1.54) is 4.31 Å². The van der Waals surface area contributed by atoms with Crippen molar-refractivity contribution in [3.05, 3.63) is 94.5 Å². The summed E-state index contributed by atoms with van der Waals surface area (Å²) in [4.78, 5) is 29.6. The van der Waals surface area contributed by atoms with Gasteiger partial charge in [-0.2, -0.15) is 0 Å². The zero-order chi connectivity index (χ0) is 30.4. The molecule has 0 aromatic heterocycles. The minimum absolute atomic E-state index is 0.107. The molecule has 0 saturated heterocycles. The van der Waals surface area contributed by atoms with Crippen molar-refractivity contribution >= 4 is 27.5 Å². The minimum Gasteiger partial charge on any atom is -0.352 e. The van der Waals surface area contributed by atoms with Crippen molar-refractivity contribution in [1.82, 2.24) is 10.2 Å². The fourth-order valence-corrected chi connectivity index (χ4v) is 7.12. The third-order valence-corrected chi connectivity index (χ3v) is 9.86. The summed E-state index contributed by atoms with van der Waals surface area (Å²) in [5.74, 6) is -0.618. The van der Waals surface area contributed by atoms with Crippen LogP contribution in [0.3, 0.4) is 0 Å². The minimum atomic E-state index is -4.10. The van der Waals surface area contributed by atoms with Crippen molar-refractivity contribution in [2.24, 2.45) is 0 Å². The molecule has 1 N–H and O–H groups in total. The zero-order valence-electron chi connectivity index (χ0n) is 25.4. The summed E-state index contributed by atoms with van der Waals surface area (Å²) in [7, 11) is -4.10. The number of anilines is 1. The van der Waals surface area contributed by atoms with E-state index in [0.717, 1.165) is 53.5 Å². The van der Waals surface area contributed by atoms with Gasteiger partial charge in [0.15, 0.2) is 0 Å². The number of carbonyl (C=O) groups excluding carboxylic acids is 2. The number of sulfonamides is 1. The number of rotatable bonds is 11. The number of nitrogens with zero attached hydrogens (tertiary/aromatic N) is 2. The van der Waals surface area contributed by atoms with E-state index in [9.17, 15) is 18.0 Å². The first-order valence-electron chi connectivity index (χ1n) is 14.8. The number of aryl methyl sites for hydroxylation is 4. The number of hydrogen-bond acceptors (Lipinski definition) is 4. The fourth-order valence-electron chi connectivity index (χ4n) is 5.72. The first-order valence-corrected chi connectivity index (χ1v) is 16.3. The third-order valence-electron chi connectivity index (χ3n) is 8.07. The fraction of sp³-hybridized carbons (Fsp3) is 0.412. The van der Waals surface area contributed by atoms with Gasteiger partial charge in [-0.3, -0.25) is 13.9 Å². The molecule has 8 heteroatoms. The smallest absolute Gasteiger partial charge is 0.264 e. The van der Waals surface area contributed by atoms with Gasteiger partial charge in [0.1, 0.15) is 12.6 Å². The van der Waals surface area contributed by atoms with E-state index in [4.69, 9.17) is 0 Å². The molecule has 1 aliphatic rings. The molecule has 1 aliphatic carbocycles. The van der Waals surface area contributed by atoms with Crippen molar-refractivity contribution in [2.75, 3.05) is 10.8 Å². The van der Waals surface area contributed by atoms with Crippen LogP contribution in [-0.4, -0.2) is 43.8 Å². The van der Waals surface area contributed by atoms with Crippen LogP contribution in [0.25, 0.3) is 0 Å². The van der Waals surface area contributed by atoms with Gasteiger partial charge in [-0.05, 0) is 93.5 Å². The second-order valence-electron chi connectivity index (χ2n) is 11.5. The Labute approximate surface area is 251 Å². The molecule has 0 heterocycles. The molecular weight excluding hydrogens is 546 g/mol. The molecule has 3 aromatic carbocycles. The number of hydrogen-bond donors (Lipinski definition) is 1. The third kappa shape index (κ3) is 7.40. The van der Waals surface area contributed by atoms with Crippen LogP contribution < -0.4 is 9.62 Å². The summed E-state index contributed by atoms with van der Waals surface area (Å²) in [6.45, 7) is 9.33. The summed E-state index contributed by atoms with van der Waals surface area (Å²) >= 11 is 0. The number of carbonyl (C=O) groups is 2. The van der Waals surface area contributed by atoms with Crippen LogP contribution in [0.4, 0.5) is 5.69 Å². The van der Waals surface area contributed by atoms with Crippen molar-refractivity contribution in [1.29, 1.82) is 0 Å². The molecule has 0 bridgehead atoms. The Balaban J connectivity index is 1.75. The largest absolute Gasteiger partial charge is 0.352 e. The highest BCUT2D eigenvalue weighted by Gasteiger charge is 2.34. The van der Waals surface area contributed by atoms with Crippen LogP contribution >= 0.6 is 0 Å². The molecule has 4 rings (SSSR count). The van der Waals surface area contributed by atoms with Gasteiger partial charge < -0.3 is 10.2 Å². The van der Waals surface area contributed by atoms with E-state index in [2.05, 4.69) is 5.32 Å². The quantitative estimate of drug-likeness (QED) is 0.298. The first kappa shape index (κ1) is 31.3. The monoisotopic (exact) mass is 589 g/mol. The lowest BCUT2D eigenvalue weighted by Gasteiger charge is -2.34. The van der Waals surface area contributed by atoms with Crippen LogP contribution in [0.1, 0.15) is 66.8 Å².